The van der Waals surface area contributed by atoms with Gasteiger partial charge in [0.25, 0.3) is 0 Å². The number of hydrogen-bond acceptors (Lipinski definition) is 5. The van der Waals surface area contributed by atoms with E-state index in [2.05, 4.69) is 36.5 Å². The van der Waals surface area contributed by atoms with Crippen molar-refractivity contribution >= 4 is 17.4 Å². The van der Waals surface area contributed by atoms with Crippen LogP contribution in [0.15, 0.2) is 23.6 Å². The monoisotopic (exact) mass is 389 g/mol. The molecular formula is C20H27N3O3S. The number of hydrogen-bond donors (Lipinski definition) is 1. The molecule has 1 N–H and O–H groups in total. The van der Waals surface area contributed by atoms with Crippen LogP contribution in [0.4, 0.5) is 4.79 Å². The minimum absolute atomic E-state index is 0.0574. The Morgan fingerprint density at radius 3 is 2.70 bits per heavy atom. The average molecular weight is 390 g/mol. The Bertz CT molecular complexity index is 798. The number of ether oxygens (including phenoxy) is 2. The number of fused-ring (bicyclic) bond motifs is 1. The van der Waals surface area contributed by atoms with E-state index in [1.54, 1.807) is 23.3 Å². The van der Waals surface area contributed by atoms with E-state index in [9.17, 15) is 4.79 Å². The topological polar surface area (TPSA) is 63.7 Å². The Labute approximate surface area is 164 Å². The molecule has 7 heteroatoms. The second-order valence-corrected chi connectivity index (χ2v) is 8.64. The molecule has 0 bridgehead atoms. The third kappa shape index (κ3) is 5.13. The molecule has 27 heavy (non-hydrogen) atoms. The van der Waals surface area contributed by atoms with Gasteiger partial charge in [-0.3, -0.25) is 0 Å². The predicted molar refractivity (Wildman–Crippen MR) is 107 cm³/mol. The van der Waals surface area contributed by atoms with Gasteiger partial charge in [0, 0.05) is 37.4 Å². The number of amides is 2. The molecule has 0 radical (unpaired) electrons. The summed E-state index contributed by atoms with van der Waals surface area (Å²) in [5, 5.41) is 6.11. The van der Waals surface area contributed by atoms with E-state index in [4.69, 9.17) is 9.47 Å². The van der Waals surface area contributed by atoms with E-state index >= 15 is 0 Å². The molecule has 2 amide bonds. The van der Waals surface area contributed by atoms with Gasteiger partial charge in [0.2, 0.25) is 0 Å². The number of aromatic nitrogens is 1. The van der Waals surface area contributed by atoms with Crippen LogP contribution in [0, 0.1) is 0 Å². The van der Waals surface area contributed by atoms with Gasteiger partial charge in [0.15, 0.2) is 11.5 Å². The van der Waals surface area contributed by atoms with E-state index < -0.39 is 0 Å². The maximum Gasteiger partial charge on any atom is 0.317 e. The Hall–Kier alpha value is -2.28. The summed E-state index contributed by atoms with van der Waals surface area (Å²) in [7, 11) is 1.78. The van der Waals surface area contributed by atoms with Crippen LogP contribution in [0.2, 0.25) is 0 Å². The molecule has 146 valence electrons. The molecule has 1 aliphatic heterocycles. The molecule has 1 aliphatic rings. The highest BCUT2D eigenvalue weighted by Gasteiger charge is 2.18. The van der Waals surface area contributed by atoms with Crippen molar-refractivity contribution in [3.05, 3.63) is 39.8 Å². The summed E-state index contributed by atoms with van der Waals surface area (Å²) < 4.78 is 11.1. The lowest BCUT2D eigenvalue weighted by Crippen LogP contribution is -2.37. The molecular weight excluding hydrogens is 362 g/mol. The zero-order valence-corrected chi connectivity index (χ0v) is 17.2. The van der Waals surface area contributed by atoms with Crippen molar-refractivity contribution in [2.75, 3.05) is 26.8 Å². The minimum Gasteiger partial charge on any atom is -0.486 e. The van der Waals surface area contributed by atoms with Crippen LogP contribution in [-0.2, 0) is 18.4 Å². The van der Waals surface area contributed by atoms with Gasteiger partial charge in [-0.2, -0.15) is 0 Å². The van der Waals surface area contributed by atoms with E-state index in [1.165, 1.54) is 0 Å². The second-order valence-electron chi connectivity index (χ2n) is 7.69. The van der Waals surface area contributed by atoms with Crippen molar-refractivity contribution in [3.8, 4) is 11.5 Å². The molecule has 0 saturated heterocycles. The van der Waals surface area contributed by atoms with Crippen LogP contribution in [0.25, 0.3) is 0 Å². The predicted octanol–water partition coefficient (Wildman–Crippen LogP) is 3.60. The van der Waals surface area contributed by atoms with Crippen molar-refractivity contribution in [2.45, 2.75) is 39.2 Å². The Morgan fingerprint density at radius 2 is 2.00 bits per heavy atom. The number of carbonyl (C=O) groups is 1. The molecule has 1 aromatic carbocycles. The fourth-order valence-electron chi connectivity index (χ4n) is 2.71. The quantitative estimate of drug-likeness (QED) is 0.849. The number of carbonyl (C=O) groups excluding carboxylic acids is 1. The van der Waals surface area contributed by atoms with Gasteiger partial charge in [0.1, 0.15) is 13.2 Å². The molecule has 0 fully saturated rings. The lowest BCUT2D eigenvalue weighted by atomic mass is 9.93. The molecule has 0 spiro atoms. The second kappa shape index (κ2) is 8.17. The minimum atomic E-state index is -0.0995. The third-order valence-corrected chi connectivity index (χ3v) is 5.22. The zero-order valence-electron chi connectivity index (χ0n) is 16.4. The van der Waals surface area contributed by atoms with E-state index in [0.29, 0.717) is 26.3 Å². The molecule has 2 heterocycles. The van der Waals surface area contributed by atoms with Crippen LogP contribution in [0.3, 0.4) is 0 Å². The highest BCUT2D eigenvalue weighted by molar-refractivity contribution is 7.09. The summed E-state index contributed by atoms with van der Waals surface area (Å²) in [5.74, 6) is 1.50. The number of benzene rings is 1. The summed E-state index contributed by atoms with van der Waals surface area (Å²) in [6.45, 7) is 8.67. The van der Waals surface area contributed by atoms with Gasteiger partial charge < -0.3 is 19.7 Å². The first-order valence-electron chi connectivity index (χ1n) is 9.15. The van der Waals surface area contributed by atoms with Crippen molar-refractivity contribution < 1.29 is 14.3 Å². The Morgan fingerprint density at radius 1 is 1.26 bits per heavy atom. The van der Waals surface area contributed by atoms with E-state index in [0.717, 1.165) is 34.2 Å². The lowest BCUT2D eigenvalue weighted by Gasteiger charge is -2.21. The maximum atomic E-state index is 12.3. The van der Waals surface area contributed by atoms with E-state index in [-0.39, 0.29) is 11.4 Å². The number of urea groups is 1. The SMILES string of the molecule is CN(Cc1ccc2c(c1)OCCO2)C(=O)NCCc1nc(C(C)(C)C)cs1. The molecule has 0 aliphatic carbocycles. The number of nitrogens with one attached hydrogen (secondary N) is 1. The van der Waals surface area contributed by atoms with E-state index in [1.807, 2.05) is 18.2 Å². The zero-order chi connectivity index (χ0) is 19.4. The molecule has 6 nitrogen and oxygen atoms in total. The van der Waals surface area contributed by atoms with Gasteiger partial charge in [-0.15, -0.1) is 11.3 Å². The lowest BCUT2D eigenvalue weighted by molar-refractivity contribution is 0.171. The fraction of sp³-hybridized carbons (Fsp3) is 0.500. The molecule has 0 unspecified atom stereocenters. The van der Waals surface area contributed by atoms with Crippen LogP contribution >= 0.6 is 11.3 Å². The number of rotatable bonds is 5. The first-order valence-corrected chi connectivity index (χ1v) is 10.0. The summed E-state index contributed by atoms with van der Waals surface area (Å²) >= 11 is 1.65. The standard InChI is InChI=1S/C20H27N3O3S/c1-20(2,3)17-13-27-18(22-17)7-8-21-19(24)23(4)12-14-5-6-15-16(11-14)26-10-9-25-15/h5-6,11,13H,7-10,12H2,1-4H3,(H,21,24). The average Bonchev–Trinajstić information content (AvgIpc) is 3.11. The smallest absolute Gasteiger partial charge is 0.317 e. The summed E-state index contributed by atoms with van der Waals surface area (Å²) in [5.41, 5.74) is 2.16. The Balaban J connectivity index is 1.47. The van der Waals surface area contributed by atoms with Gasteiger partial charge >= 0.3 is 6.03 Å². The maximum absolute atomic E-state index is 12.3. The largest absolute Gasteiger partial charge is 0.486 e. The summed E-state index contributed by atoms with van der Waals surface area (Å²) in [6.07, 6.45) is 0.740. The molecule has 2 aromatic rings. The van der Waals surface area contributed by atoms with Gasteiger partial charge in [-0.05, 0) is 17.7 Å². The van der Waals surface area contributed by atoms with Crippen molar-refractivity contribution in [1.29, 1.82) is 0 Å². The van der Waals surface area contributed by atoms with Gasteiger partial charge in [-0.1, -0.05) is 26.8 Å². The molecule has 1 aromatic heterocycles. The highest BCUT2D eigenvalue weighted by Crippen LogP contribution is 2.31. The van der Waals surface area contributed by atoms with Crippen molar-refractivity contribution in [1.82, 2.24) is 15.2 Å². The highest BCUT2D eigenvalue weighted by atomic mass is 32.1. The molecule has 0 saturated carbocycles. The van der Waals surface area contributed by atoms with Gasteiger partial charge in [0.05, 0.1) is 10.7 Å². The van der Waals surface area contributed by atoms with Gasteiger partial charge in [-0.25, -0.2) is 9.78 Å². The third-order valence-electron chi connectivity index (χ3n) is 4.31. The summed E-state index contributed by atoms with van der Waals surface area (Å²) in [6, 6.07) is 5.69. The fourth-order valence-corrected chi connectivity index (χ4v) is 3.74. The first-order chi connectivity index (χ1) is 12.8. The van der Waals surface area contributed by atoms with Crippen molar-refractivity contribution in [3.63, 3.8) is 0 Å². The number of thiazole rings is 1. The summed E-state index contributed by atoms with van der Waals surface area (Å²) in [4.78, 5) is 18.7. The van der Waals surface area contributed by atoms with Crippen LogP contribution < -0.4 is 14.8 Å². The molecule has 3 rings (SSSR count). The van der Waals surface area contributed by atoms with Crippen molar-refractivity contribution in [2.24, 2.45) is 0 Å². The Kier molecular flexibility index (Phi) is 5.89. The normalized spacial score (nSPS) is 13.3. The van der Waals surface area contributed by atoms with Crippen LogP contribution in [0.5, 0.6) is 11.5 Å². The first kappa shape index (κ1) is 19.5. The molecule has 0 atom stereocenters. The van der Waals surface area contributed by atoms with Crippen LogP contribution in [0.1, 0.15) is 37.0 Å². The number of nitrogens with zero attached hydrogens (tertiary/aromatic N) is 2. The van der Waals surface area contributed by atoms with Crippen LogP contribution in [-0.4, -0.2) is 42.7 Å².